The van der Waals surface area contributed by atoms with Crippen LogP contribution in [-0.2, 0) is 35.3 Å². The lowest BCUT2D eigenvalue weighted by molar-refractivity contribution is -0.120. The third-order valence-electron chi connectivity index (χ3n) is 5.38. The molecule has 0 fully saturated rings. The van der Waals surface area contributed by atoms with Crippen LogP contribution >= 0.6 is 0 Å². The van der Waals surface area contributed by atoms with Gasteiger partial charge in [0.25, 0.3) is 0 Å². The highest BCUT2D eigenvalue weighted by Crippen LogP contribution is 2.30. The number of rotatable bonds is 6. The normalized spacial score (nSPS) is 12.6. The minimum Gasteiger partial charge on any atom is -0.496 e. The van der Waals surface area contributed by atoms with Gasteiger partial charge in [-0.15, -0.1) is 0 Å². The molecule has 1 heterocycles. The molecule has 0 saturated carbocycles. The molecule has 4 rings (SSSR count). The number of aryl methyl sites for hydroxylation is 2. The van der Waals surface area contributed by atoms with Gasteiger partial charge in [-0.3, -0.25) is 4.79 Å². The van der Waals surface area contributed by atoms with Crippen molar-refractivity contribution < 1.29 is 23.5 Å². The van der Waals surface area contributed by atoms with Crippen LogP contribution in [0.5, 0.6) is 5.75 Å². The van der Waals surface area contributed by atoms with Crippen LogP contribution in [0.3, 0.4) is 0 Å². The summed E-state index contributed by atoms with van der Waals surface area (Å²) in [7, 11) is 2.81. The number of nitrogens with one attached hydrogen (secondary N) is 1. The SMILES string of the molecule is COC(=O)c1cc(CNC(=O)Cc2coc3cc4c(cc23)CCC4)ccc1OC. The van der Waals surface area contributed by atoms with Gasteiger partial charge in [-0.05, 0) is 60.2 Å². The van der Waals surface area contributed by atoms with Crippen molar-refractivity contribution in [3.8, 4) is 5.75 Å². The Labute approximate surface area is 168 Å². The second-order valence-corrected chi connectivity index (χ2v) is 7.21. The summed E-state index contributed by atoms with van der Waals surface area (Å²) in [6, 6.07) is 9.43. The van der Waals surface area contributed by atoms with E-state index in [1.165, 1.54) is 31.8 Å². The van der Waals surface area contributed by atoms with Crippen LogP contribution in [0.15, 0.2) is 41.0 Å². The van der Waals surface area contributed by atoms with E-state index in [-0.39, 0.29) is 12.3 Å². The number of hydrogen-bond donors (Lipinski definition) is 1. The second kappa shape index (κ2) is 7.99. The summed E-state index contributed by atoms with van der Waals surface area (Å²) in [5.74, 6) is -0.152. The van der Waals surface area contributed by atoms with E-state index in [2.05, 4.69) is 17.4 Å². The molecule has 6 nitrogen and oxygen atoms in total. The molecule has 2 aromatic carbocycles. The predicted molar refractivity (Wildman–Crippen MR) is 108 cm³/mol. The maximum absolute atomic E-state index is 12.5. The minimum atomic E-state index is -0.479. The number of hydrogen-bond acceptors (Lipinski definition) is 5. The number of furan rings is 1. The molecule has 1 amide bonds. The van der Waals surface area contributed by atoms with Crippen LogP contribution in [0.1, 0.15) is 39.0 Å². The Balaban J connectivity index is 1.44. The molecule has 0 radical (unpaired) electrons. The predicted octanol–water partition coefficient (Wildman–Crippen LogP) is 3.58. The highest BCUT2D eigenvalue weighted by Gasteiger charge is 2.17. The molecular formula is C23H23NO5. The van der Waals surface area contributed by atoms with Gasteiger partial charge in [-0.2, -0.15) is 0 Å². The Hall–Kier alpha value is -3.28. The van der Waals surface area contributed by atoms with Crippen molar-refractivity contribution in [3.63, 3.8) is 0 Å². The van der Waals surface area contributed by atoms with Crippen molar-refractivity contribution >= 4 is 22.8 Å². The second-order valence-electron chi connectivity index (χ2n) is 7.21. The Morgan fingerprint density at radius 2 is 1.90 bits per heavy atom. The lowest BCUT2D eigenvalue weighted by atomic mass is 10.0. The third kappa shape index (κ3) is 3.83. The third-order valence-corrected chi connectivity index (χ3v) is 5.38. The Morgan fingerprint density at radius 1 is 1.10 bits per heavy atom. The standard InChI is InChI=1S/C23H23NO5/c1-27-20-7-6-14(8-19(20)23(26)28-2)12-24-22(25)11-17-13-29-21-10-16-5-3-4-15(16)9-18(17)21/h6-10,13H,3-5,11-12H2,1-2H3,(H,24,25). The fourth-order valence-corrected chi connectivity index (χ4v) is 3.86. The molecule has 0 aliphatic heterocycles. The van der Waals surface area contributed by atoms with E-state index in [4.69, 9.17) is 13.9 Å². The first kappa shape index (κ1) is 19.1. The minimum absolute atomic E-state index is 0.108. The number of amides is 1. The number of esters is 1. The van der Waals surface area contributed by atoms with Gasteiger partial charge >= 0.3 is 5.97 Å². The van der Waals surface area contributed by atoms with Gasteiger partial charge in [0, 0.05) is 17.5 Å². The van der Waals surface area contributed by atoms with E-state index in [9.17, 15) is 9.59 Å². The van der Waals surface area contributed by atoms with Crippen molar-refractivity contribution in [1.82, 2.24) is 5.32 Å². The van der Waals surface area contributed by atoms with Crippen molar-refractivity contribution in [2.24, 2.45) is 0 Å². The topological polar surface area (TPSA) is 77.8 Å². The van der Waals surface area contributed by atoms with E-state index < -0.39 is 5.97 Å². The zero-order valence-electron chi connectivity index (χ0n) is 16.5. The zero-order valence-corrected chi connectivity index (χ0v) is 16.5. The van der Waals surface area contributed by atoms with E-state index in [1.54, 1.807) is 18.4 Å². The molecule has 0 saturated heterocycles. The molecule has 0 spiro atoms. The summed E-state index contributed by atoms with van der Waals surface area (Å²) in [5, 5.41) is 3.91. The van der Waals surface area contributed by atoms with Crippen molar-refractivity contribution in [1.29, 1.82) is 0 Å². The van der Waals surface area contributed by atoms with Gasteiger partial charge in [0.05, 0.1) is 26.9 Å². The Kier molecular flexibility index (Phi) is 5.25. The molecule has 1 aliphatic carbocycles. The van der Waals surface area contributed by atoms with Crippen LogP contribution in [0.2, 0.25) is 0 Å². The Bertz CT molecular complexity index is 1080. The summed E-state index contributed by atoms with van der Waals surface area (Å²) < 4.78 is 15.7. The van der Waals surface area contributed by atoms with Crippen molar-refractivity contribution in [3.05, 3.63) is 64.4 Å². The number of carbonyl (C=O) groups is 2. The molecule has 1 aliphatic rings. The molecular weight excluding hydrogens is 370 g/mol. The first-order chi connectivity index (χ1) is 14.1. The van der Waals surface area contributed by atoms with Gasteiger partial charge in [-0.1, -0.05) is 6.07 Å². The van der Waals surface area contributed by atoms with E-state index in [0.29, 0.717) is 17.9 Å². The maximum atomic E-state index is 12.5. The number of fused-ring (bicyclic) bond motifs is 2. The molecule has 6 heteroatoms. The molecule has 0 atom stereocenters. The van der Waals surface area contributed by atoms with Crippen LogP contribution in [-0.4, -0.2) is 26.1 Å². The fraction of sp³-hybridized carbons (Fsp3) is 0.304. The average Bonchev–Trinajstić information content (AvgIpc) is 3.36. The number of carbonyl (C=O) groups excluding carboxylic acids is 2. The van der Waals surface area contributed by atoms with Gasteiger partial charge in [0.2, 0.25) is 5.91 Å². The monoisotopic (exact) mass is 393 g/mol. The number of ether oxygens (including phenoxy) is 2. The number of methoxy groups -OCH3 is 2. The smallest absolute Gasteiger partial charge is 0.341 e. The van der Waals surface area contributed by atoms with E-state index in [0.717, 1.165) is 34.9 Å². The van der Waals surface area contributed by atoms with Crippen LogP contribution in [0.25, 0.3) is 11.0 Å². The first-order valence-corrected chi connectivity index (χ1v) is 9.63. The highest BCUT2D eigenvalue weighted by atomic mass is 16.5. The van der Waals surface area contributed by atoms with Gasteiger partial charge in [0.1, 0.15) is 16.9 Å². The van der Waals surface area contributed by atoms with Gasteiger partial charge in [-0.25, -0.2) is 4.79 Å². The van der Waals surface area contributed by atoms with E-state index >= 15 is 0 Å². The van der Waals surface area contributed by atoms with Crippen LogP contribution in [0, 0.1) is 0 Å². The fourth-order valence-electron chi connectivity index (χ4n) is 3.86. The number of benzene rings is 2. The lowest BCUT2D eigenvalue weighted by Crippen LogP contribution is -2.24. The maximum Gasteiger partial charge on any atom is 0.341 e. The average molecular weight is 393 g/mol. The zero-order chi connectivity index (χ0) is 20.4. The molecule has 0 unspecified atom stereocenters. The molecule has 0 bridgehead atoms. The van der Waals surface area contributed by atoms with Crippen molar-refractivity contribution in [2.45, 2.75) is 32.2 Å². The summed E-state index contributed by atoms with van der Waals surface area (Å²) in [6.45, 7) is 0.304. The van der Waals surface area contributed by atoms with Crippen LogP contribution in [0.4, 0.5) is 0 Å². The molecule has 29 heavy (non-hydrogen) atoms. The highest BCUT2D eigenvalue weighted by molar-refractivity contribution is 5.93. The summed E-state index contributed by atoms with van der Waals surface area (Å²) >= 11 is 0. The van der Waals surface area contributed by atoms with Gasteiger partial charge < -0.3 is 19.2 Å². The Morgan fingerprint density at radius 3 is 2.66 bits per heavy atom. The van der Waals surface area contributed by atoms with Crippen LogP contribution < -0.4 is 10.1 Å². The molecule has 1 N–H and O–H groups in total. The quantitative estimate of drug-likeness (QED) is 0.648. The summed E-state index contributed by atoms with van der Waals surface area (Å²) in [4.78, 5) is 24.4. The van der Waals surface area contributed by atoms with Crippen molar-refractivity contribution in [2.75, 3.05) is 14.2 Å². The first-order valence-electron chi connectivity index (χ1n) is 9.63. The van der Waals surface area contributed by atoms with E-state index in [1.807, 2.05) is 6.07 Å². The summed E-state index contributed by atoms with van der Waals surface area (Å²) in [6.07, 6.45) is 5.26. The molecule has 3 aromatic rings. The van der Waals surface area contributed by atoms with Gasteiger partial charge in [0.15, 0.2) is 0 Å². The largest absolute Gasteiger partial charge is 0.496 e. The summed E-state index contributed by atoms with van der Waals surface area (Å²) in [5.41, 5.74) is 5.55. The lowest BCUT2D eigenvalue weighted by Gasteiger charge is -2.10. The molecule has 150 valence electrons. The molecule has 1 aromatic heterocycles.